The first-order valence-corrected chi connectivity index (χ1v) is 6.88. The third-order valence-corrected chi connectivity index (χ3v) is 3.67. The fourth-order valence-corrected chi connectivity index (χ4v) is 2.69. The van der Waals surface area contributed by atoms with Crippen molar-refractivity contribution in [3.63, 3.8) is 0 Å². The molecule has 3 aromatic rings. The van der Waals surface area contributed by atoms with Gasteiger partial charge in [0, 0.05) is 17.9 Å². The monoisotopic (exact) mass is 249 g/mol. The minimum atomic E-state index is 0.554. The molecule has 0 aliphatic rings. The lowest BCUT2D eigenvalue weighted by molar-refractivity contribution is 0.852. The standard InChI is InChI=1S/C18H19N/c1-14(2)17-13-19-11-7-6-10-18(19)16(17)12-15-8-4-3-5-9-15/h3-11,13-14H,12H2,1-2H3. The van der Waals surface area contributed by atoms with Crippen LogP contribution in [-0.4, -0.2) is 4.40 Å². The van der Waals surface area contributed by atoms with Gasteiger partial charge in [-0.1, -0.05) is 50.2 Å². The quantitative estimate of drug-likeness (QED) is 0.636. The van der Waals surface area contributed by atoms with E-state index in [-0.39, 0.29) is 0 Å². The van der Waals surface area contributed by atoms with E-state index < -0.39 is 0 Å². The first kappa shape index (κ1) is 12.0. The van der Waals surface area contributed by atoms with Gasteiger partial charge in [-0.25, -0.2) is 0 Å². The summed E-state index contributed by atoms with van der Waals surface area (Å²) in [5, 5.41) is 0. The third-order valence-electron chi connectivity index (χ3n) is 3.67. The van der Waals surface area contributed by atoms with Gasteiger partial charge in [-0.05, 0) is 41.2 Å². The second kappa shape index (κ2) is 4.93. The number of fused-ring (bicyclic) bond motifs is 1. The van der Waals surface area contributed by atoms with E-state index in [1.54, 1.807) is 0 Å². The number of hydrogen-bond acceptors (Lipinski definition) is 0. The van der Waals surface area contributed by atoms with Crippen molar-refractivity contribution in [1.29, 1.82) is 0 Å². The molecule has 0 amide bonds. The van der Waals surface area contributed by atoms with Gasteiger partial charge in [-0.15, -0.1) is 0 Å². The van der Waals surface area contributed by atoms with Crippen molar-refractivity contribution in [1.82, 2.24) is 4.40 Å². The van der Waals surface area contributed by atoms with Crippen LogP contribution in [0.25, 0.3) is 5.52 Å². The van der Waals surface area contributed by atoms with Crippen molar-refractivity contribution in [3.05, 3.63) is 77.6 Å². The SMILES string of the molecule is CC(C)c1cn2ccccc2c1Cc1ccccc1. The molecular weight excluding hydrogens is 230 g/mol. The van der Waals surface area contributed by atoms with Crippen molar-refractivity contribution >= 4 is 5.52 Å². The summed E-state index contributed by atoms with van der Waals surface area (Å²) in [4.78, 5) is 0. The number of rotatable bonds is 3. The molecule has 2 heterocycles. The maximum absolute atomic E-state index is 2.28. The maximum Gasteiger partial charge on any atom is 0.0488 e. The summed E-state index contributed by atoms with van der Waals surface area (Å²) in [7, 11) is 0. The number of pyridine rings is 1. The lowest BCUT2D eigenvalue weighted by Gasteiger charge is -2.08. The number of hydrogen-bond donors (Lipinski definition) is 0. The van der Waals surface area contributed by atoms with Gasteiger partial charge in [0.1, 0.15) is 0 Å². The van der Waals surface area contributed by atoms with Crippen LogP contribution in [0.2, 0.25) is 0 Å². The minimum absolute atomic E-state index is 0.554. The summed E-state index contributed by atoms with van der Waals surface area (Å²) in [6.07, 6.45) is 5.42. The van der Waals surface area contributed by atoms with Crippen LogP contribution in [0.3, 0.4) is 0 Å². The Morgan fingerprint density at radius 2 is 1.68 bits per heavy atom. The van der Waals surface area contributed by atoms with Crippen LogP contribution in [0.1, 0.15) is 36.5 Å². The Labute approximate surface area is 114 Å². The van der Waals surface area contributed by atoms with Crippen molar-refractivity contribution in [3.8, 4) is 0 Å². The molecule has 0 bridgehead atoms. The molecule has 0 saturated heterocycles. The zero-order valence-corrected chi connectivity index (χ0v) is 11.5. The molecule has 0 unspecified atom stereocenters. The molecule has 96 valence electrons. The molecule has 3 rings (SSSR count). The molecule has 2 aromatic heterocycles. The van der Waals surface area contributed by atoms with Crippen LogP contribution >= 0.6 is 0 Å². The summed E-state index contributed by atoms with van der Waals surface area (Å²) < 4.78 is 2.24. The molecule has 1 nitrogen and oxygen atoms in total. The summed E-state index contributed by atoms with van der Waals surface area (Å²) in [6, 6.07) is 17.1. The largest absolute Gasteiger partial charge is 0.323 e. The van der Waals surface area contributed by atoms with Crippen LogP contribution < -0.4 is 0 Å². The zero-order chi connectivity index (χ0) is 13.2. The highest BCUT2D eigenvalue weighted by Gasteiger charge is 2.13. The van der Waals surface area contributed by atoms with E-state index in [1.165, 1.54) is 22.2 Å². The minimum Gasteiger partial charge on any atom is -0.323 e. The Bertz CT molecular complexity index is 677. The normalized spacial score (nSPS) is 11.3. The Hall–Kier alpha value is -2.02. The number of aromatic nitrogens is 1. The van der Waals surface area contributed by atoms with Crippen molar-refractivity contribution < 1.29 is 0 Å². The highest BCUT2D eigenvalue weighted by atomic mass is 14.9. The van der Waals surface area contributed by atoms with Gasteiger partial charge < -0.3 is 4.40 Å². The molecule has 0 radical (unpaired) electrons. The van der Waals surface area contributed by atoms with Crippen LogP contribution in [0.15, 0.2) is 60.9 Å². The van der Waals surface area contributed by atoms with Gasteiger partial charge in [0.2, 0.25) is 0 Å². The molecule has 0 atom stereocenters. The number of benzene rings is 1. The second-order valence-electron chi connectivity index (χ2n) is 5.37. The molecule has 0 spiro atoms. The Balaban J connectivity index is 2.12. The molecule has 0 saturated carbocycles. The Kier molecular flexibility index (Phi) is 3.12. The predicted octanol–water partition coefficient (Wildman–Crippen LogP) is 4.65. The van der Waals surface area contributed by atoms with E-state index in [0.29, 0.717) is 5.92 Å². The average Bonchev–Trinajstić information content (AvgIpc) is 2.79. The van der Waals surface area contributed by atoms with Gasteiger partial charge in [-0.3, -0.25) is 0 Å². The second-order valence-corrected chi connectivity index (χ2v) is 5.37. The Morgan fingerprint density at radius 3 is 2.42 bits per heavy atom. The zero-order valence-electron chi connectivity index (χ0n) is 11.5. The highest BCUT2D eigenvalue weighted by molar-refractivity contribution is 5.61. The fraction of sp³-hybridized carbons (Fsp3) is 0.222. The topological polar surface area (TPSA) is 4.41 Å². The van der Waals surface area contributed by atoms with E-state index in [1.807, 2.05) is 0 Å². The van der Waals surface area contributed by atoms with E-state index in [4.69, 9.17) is 0 Å². The highest BCUT2D eigenvalue weighted by Crippen LogP contribution is 2.27. The van der Waals surface area contributed by atoms with Crippen LogP contribution in [0.4, 0.5) is 0 Å². The van der Waals surface area contributed by atoms with E-state index in [2.05, 4.69) is 79.2 Å². The van der Waals surface area contributed by atoms with E-state index in [9.17, 15) is 0 Å². The van der Waals surface area contributed by atoms with E-state index >= 15 is 0 Å². The number of nitrogens with zero attached hydrogens (tertiary/aromatic N) is 1. The van der Waals surface area contributed by atoms with Gasteiger partial charge in [-0.2, -0.15) is 0 Å². The van der Waals surface area contributed by atoms with Gasteiger partial charge in [0.15, 0.2) is 0 Å². The average molecular weight is 249 g/mol. The fourth-order valence-electron chi connectivity index (χ4n) is 2.69. The molecule has 0 aliphatic heterocycles. The molecule has 1 heteroatoms. The van der Waals surface area contributed by atoms with Crippen molar-refractivity contribution in [2.45, 2.75) is 26.2 Å². The van der Waals surface area contributed by atoms with Gasteiger partial charge >= 0.3 is 0 Å². The molecule has 0 aliphatic carbocycles. The van der Waals surface area contributed by atoms with Crippen LogP contribution in [-0.2, 0) is 6.42 Å². The van der Waals surface area contributed by atoms with Crippen molar-refractivity contribution in [2.75, 3.05) is 0 Å². The molecular formula is C18H19N. The third kappa shape index (κ3) is 2.28. The Morgan fingerprint density at radius 1 is 0.947 bits per heavy atom. The molecule has 19 heavy (non-hydrogen) atoms. The van der Waals surface area contributed by atoms with Gasteiger partial charge in [0.05, 0.1) is 0 Å². The lowest BCUT2D eigenvalue weighted by Crippen LogP contribution is -1.94. The van der Waals surface area contributed by atoms with E-state index in [0.717, 1.165) is 6.42 Å². The molecule has 0 fully saturated rings. The lowest BCUT2D eigenvalue weighted by atomic mass is 9.96. The molecule has 0 N–H and O–H groups in total. The summed E-state index contributed by atoms with van der Waals surface area (Å²) in [5.41, 5.74) is 5.62. The predicted molar refractivity (Wildman–Crippen MR) is 80.7 cm³/mol. The maximum atomic E-state index is 2.28. The summed E-state index contributed by atoms with van der Waals surface area (Å²) >= 11 is 0. The smallest absolute Gasteiger partial charge is 0.0488 e. The van der Waals surface area contributed by atoms with Crippen LogP contribution in [0.5, 0.6) is 0 Å². The first-order valence-electron chi connectivity index (χ1n) is 6.88. The first-order chi connectivity index (χ1) is 9.25. The van der Waals surface area contributed by atoms with Crippen molar-refractivity contribution in [2.24, 2.45) is 0 Å². The van der Waals surface area contributed by atoms with Crippen LogP contribution in [0, 0.1) is 0 Å². The van der Waals surface area contributed by atoms with Gasteiger partial charge in [0.25, 0.3) is 0 Å². The summed E-state index contributed by atoms with van der Waals surface area (Å²) in [6.45, 7) is 4.53. The summed E-state index contributed by atoms with van der Waals surface area (Å²) in [5.74, 6) is 0.554. The molecule has 1 aromatic carbocycles.